The van der Waals surface area contributed by atoms with E-state index in [4.69, 9.17) is 9.47 Å². The highest BCUT2D eigenvalue weighted by atomic mass is 16.7. The molecule has 1 heterocycles. The van der Waals surface area contributed by atoms with Crippen LogP contribution in [0.25, 0.3) is 0 Å². The van der Waals surface area contributed by atoms with E-state index in [2.05, 4.69) is 6.92 Å². The molecule has 0 saturated carbocycles. The number of ether oxygens (including phenoxy) is 2. The maximum atomic E-state index is 11.5. The SMILES string of the molecule is CC1=C(CCC2OCCO2)C(=O)CC1. The highest BCUT2D eigenvalue weighted by Crippen LogP contribution is 2.27. The van der Waals surface area contributed by atoms with Crippen molar-refractivity contribution in [3.63, 3.8) is 0 Å². The van der Waals surface area contributed by atoms with Crippen LogP contribution in [0.4, 0.5) is 0 Å². The first-order chi connectivity index (χ1) is 6.77. The summed E-state index contributed by atoms with van der Waals surface area (Å²) in [6, 6.07) is 0. The third kappa shape index (κ3) is 2.04. The van der Waals surface area contributed by atoms with Crippen molar-refractivity contribution < 1.29 is 14.3 Å². The Morgan fingerprint density at radius 2 is 2.00 bits per heavy atom. The highest BCUT2D eigenvalue weighted by molar-refractivity contribution is 5.98. The molecule has 1 aliphatic carbocycles. The first kappa shape index (κ1) is 9.87. The molecule has 2 rings (SSSR count). The molecule has 2 aliphatic rings. The second-order valence-corrected chi connectivity index (χ2v) is 3.89. The summed E-state index contributed by atoms with van der Waals surface area (Å²) >= 11 is 0. The molecule has 0 aromatic carbocycles. The highest BCUT2D eigenvalue weighted by Gasteiger charge is 2.22. The molecule has 0 N–H and O–H groups in total. The van der Waals surface area contributed by atoms with Gasteiger partial charge < -0.3 is 9.47 Å². The van der Waals surface area contributed by atoms with E-state index >= 15 is 0 Å². The van der Waals surface area contributed by atoms with Crippen LogP contribution in [-0.2, 0) is 14.3 Å². The minimum Gasteiger partial charge on any atom is -0.350 e. The van der Waals surface area contributed by atoms with Crippen LogP contribution in [0.15, 0.2) is 11.1 Å². The smallest absolute Gasteiger partial charge is 0.159 e. The van der Waals surface area contributed by atoms with E-state index in [0.717, 1.165) is 24.8 Å². The molecular formula is C11H16O3. The van der Waals surface area contributed by atoms with Crippen molar-refractivity contribution in [2.75, 3.05) is 13.2 Å². The molecule has 1 saturated heterocycles. The number of allylic oxidation sites excluding steroid dienone is 2. The van der Waals surface area contributed by atoms with Crippen LogP contribution in [0.5, 0.6) is 0 Å². The minimum absolute atomic E-state index is 0.0799. The van der Waals surface area contributed by atoms with E-state index in [9.17, 15) is 4.79 Å². The van der Waals surface area contributed by atoms with Gasteiger partial charge in [0.25, 0.3) is 0 Å². The molecule has 14 heavy (non-hydrogen) atoms. The predicted molar refractivity (Wildman–Crippen MR) is 51.9 cm³/mol. The third-order valence-corrected chi connectivity index (χ3v) is 2.90. The molecule has 0 atom stereocenters. The summed E-state index contributed by atoms with van der Waals surface area (Å²) in [5, 5.41) is 0. The molecule has 0 amide bonds. The maximum Gasteiger partial charge on any atom is 0.159 e. The molecule has 1 aliphatic heterocycles. The van der Waals surface area contributed by atoms with Crippen LogP contribution in [0.2, 0.25) is 0 Å². The zero-order chi connectivity index (χ0) is 9.97. The number of carbonyl (C=O) groups is 1. The maximum absolute atomic E-state index is 11.5. The van der Waals surface area contributed by atoms with Crippen molar-refractivity contribution >= 4 is 5.78 Å². The molecule has 0 aromatic rings. The Hall–Kier alpha value is -0.670. The van der Waals surface area contributed by atoms with Crippen molar-refractivity contribution in [1.29, 1.82) is 0 Å². The summed E-state index contributed by atoms with van der Waals surface area (Å²) in [5.41, 5.74) is 2.28. The van der Waals surface area contributed by atoms with Gasteiger partial charge in [-0.1, -0.05) is 5.57 Å². The number of rotatable bonds is 3. The Bertz CT molecular complexity index is 262. The van der Waals surface area contributed by atoms with Crippen molar-refractivity contribution in [3.8, 4) is 0 Å². The van der Waals surface area contributed by atoms with Gasteiger partial charge in [0.05, 0.1) is 13.2 Å². The Labute approximate surface area is 84.1 Å². The summed E-state index contributed by atoms with van der Waals surface area (Å²) < 4.78 is 10.7. The fourth-order valence-corrected chi connectivity index (χ4v) is 2.03. The molecule has 0 spiro atoms. The van der Waals surface area contributed by atoms with Gasteiger partial charge in [0.1, 0.15) is 0 Å². The molecule has 0 radical (unpaired) electrons. The van der Waals surface area contributed by atoms with Gasteiger partial charge in [-0.2, -0.15) is 0 Å². The quantitative estimate of drug-likeness (QED) is 0.690. The molecule has 0 bridgehead atoms. The fraction of sp³-hybridized carbons (Fsp3) is 0.727. The molecule has 1 fully saturated rings. The summed E-state index contributed by atoms with van der Waals surface area (Å²) in [7, 11) is 0. The molecular weight excluding hydrogens is 180 g/mol. The lowest BCUT2D eigenvalue weighted by molar-refractivity contribution is -0.115. The molecule has 3 heteroatoms. The lowest BCUT2D eigenvalue weighted by Crippen LogP contribution is -2.09. The predicted octanol–water partition coefficient (Wildman–Crippen LogP) is 1.82. The first-order valence-electron chi connectivity index (χ1n) is 5.22. The standard InChI is InChI=1S/C11H16O3/c1-8-2-4-10(12)9(8)3-5-11-13-6-7-14-11/h11H,2-7H2,1H3. The fourth-order valence-electron chi connectivity index (χ4n) is 2.03. The van der Waals surface area contributed by atoms with Gasteiger partial charge in [-0.3, -0.25) is 4.79 Å². The summed E-state index contributed by atoms with van der Waals surface area (Å²) in [5.74, 6) is 0.320. The van der Waals surface area contributed by atoms with Gasteiger partial charge in [-0.15, -0.1) is 0 Å². The van der Waals surface area contributed by atoms with E-state index in [0.29, 0.717) is 25.4 Å². The van der Waals surface area contributed by atoms with Gasteiger partial charge in [-0.25, -0.2) is 0 Å². The van der Waals surface area contributed by atoms with E-state index in [1.54, 1.807) is 0 Å². The third-order valence-electron chi connectivity index (χ3n) is 2.90. The number of ketones is 1. The lowest BCUT2D eigenvalue weighted by atomic mass is 10.1. The van der Waals surface area contributed by atoms with Crippen LogP contribution in [0.3, 0.4) is 0 Å². The average Bonchev–Trinajstić information content (AvgIpc) is 2.76. The van der Waals surface area contributed by atoms with E-state index < -0.39 is 0 Å². The van der Waals surface area contributed by atoms with Crippen molar-refractivity contribution in [2.24, 2.45) is 0 Å². The second-order valence-electron chi connectivity index (χ2n) is 3.89. The Morgan fingerprint density at radius 3 is 2.57 bits per heavy atom. The van der Waals surface area contributed by atoms with E-state index in [1.165, 1.54) is 5.57 Å². The number of Topliss-reactive ketones (excluding diaryl/α,β-unsaturated/α-hetero) is 1. The van der Waals surface area contributed by atoms with Gasteiger partial charge in [0.2, 0.25) is 0 Å². The normalized spacial score (nSPS) is 23.9. The summed E-state index contributed by atoms with van der Waals surface area (Å²) in [4.78, 5) is 11.5. The summed E-state index contributed by atoms with van der Waals surface area (Å²) in [6.45, 7) is 3.43. The first-order valence-corrected chi connectivity index (χ1v) is 5.22. The van der Waals surface area contributed by atoms with E-state index in [1.807, 2.05) is 0 Å². The average molecular weight is 196 g/mol. The van der Waals surface area contributed by atoms with Crippen molar-refractivity contribution in [1.82, 2.24) is 0 Å². The van der Waals surface area contributed by atoms with Crippen LogP contribution < -0.4 is 0 Å². The van der Waals surface area contributed by atoms with Crippen LogP contribution >= 0.6 is 0 Å². The largest absolute Gasteiger partial charge is 0.350 e. The zero-order valence-corrected chi connectivity index (χ0v) is 8.54. The monoisotopic (exact) mass is 196 g/mol. The Kier molecular flexibility index (Phi) is 2.99. The van der Waals surface area contributed by atoms with Crippen LogP contribution in [0, 0.1) is 0 Å². The van der Waals surface area contributed by atoms with Gasteiger partial charge in [0.15, 0.2) is 12.1 Å². The molecule has 0 aromatic heterocycles. The van der Waals surface area contributed by atoms with Crippen LogP contribution in [0.1, 0.15) is 32.6 Å². The molecule has 0 unspecified atom stereocenters. The lowest BCUT2D eigenvalue weighted by Gasteiger charge is -2.09. The van der Waals surface area contributed by atoms with Crippen molar-refractivity contribution in [3.05, 3.63) is 11.1 Å². The van der Waals surface area contributed by atoms with Crippen LogP contribution in [-0.4, -0.2) is 25.3 Å². The van der Waals surface area contributed by atoms with E-state index in [-0.39, 0.29) is 6.29 Å². The number of hydrogen-bond donors (Lipinski definition) is 0. The number of hydrogen-bond acceptors (Lipinski definition) is 3. The van der Waals surface area contributed by atoms with Gasteiger partial charge in [-0.05, 0) is 25.3 Å². The number of carbonyl (C=O) groups excluding carboxylic acids is 1. The summed E-state index contributed by atoms with van der Waals surface area (Å²) in [6.07, 6.45) is 3.20. The zero-order valence-electron chi connectivity index (χ0n) is 8.54. The Morgan fingerprint density at radius 1 is 1.29 bits per heavy atom. The minimum atomic E-state index is -0.0799. The molecule has 3 nitrogen and oxygen atoms in total. The second kappa shape index (κ2) is 4.24. The van der Waals surface area contributed by atoms with Gasteiger partial charge in [0, 0.05) is 12.8 Å². The van der Waals surface area contributed by atoms with Crippen molar-refractivity contribution in [2.45, 2.75) is 38.9 Å². The molecule has 78 valence electrons. The Balaban J connectivity index is 1.84. The topological polar surface area (TPSA) is 35.5 Å². The van der Waals surface area contributed by atoms with Gasteiger partial charge >= 0.3 is 0 Å².